The summed E-state index contributed by atoms with van der Waals surface area (Å²) in [5.74, 6) is -0.310. The number of carbonyl (C=O) groups is 1. The quantitative estimate of drug-likeness (QED) is 0.801. The van der Waals surface area contributed by atoms with Crippen LogP contribution in [0.1, 0.15) is 19.3 Å². The van der Waals surface area contributed by atoms with E-state index >= 15 is 0 Å². The van der Waals surface area contributed by atoms with Gasteiger partial charge in [-0.05, 0) is 19.4 Å². The van der Waals surface area contributed by atoms with Crippen LogP contribution in [0.15, 0.2) is 0 Å². The summed E-state index contributed by atoms with van der Waals surface area (Å²) in [5.41, 5.74) is 5.28. The highest BCUT2D eigenvalue weighted by atomic mass is 35.5. The summed E-state index contributed by atoms with van der Waals surface area (Å²) in [6.07, 6.45) is -3.45. The first-order valence-electron chi connectivity index (χ1n) is 6.19. The molecule has 114 valence electrons. The van der Waals surface area contributed by atoms with Crippen LogP contribution in [0.4, 0.5) is 13.2 Å². The zero-order valence-electron chi connectivity index (χ0n) is 10.7. The maximum Gasteiger partial charge on any atom is 0.390 e. The topological polar surface area (TPSA) is 58.4 Å². The standard InChI is InChI=1S/C11H20F3N3O.ClH/c12-11(13,14)3-7-17-6-1-2-9(8-17)10(18)16-5-4-15;/h9H,1-8,15H2,(H,16,18);1H. The lowest BCUT2D eigenvalue weighted by Crippen LogP contribution is -2.44. The van der Waals surface area contributed by atoms with Crippen molar-refractivity contribution in [1.29, 1.82) is 0 Å². The average molecular weight is 304 g/mol. The maximum absolute atomic E-state index is 12.1. The maximum atomic E-state index is 12.1. The molecule has 3 N–H and O–H groups in total. The van der Waals surface area contributed by atoms with E-state index in [1.807, 2.05) is 0 Å². The molecule has 1 aliphatic rings. The second-order valence-electron chi connectivity index (χ2n) is 4.58. The summed E-state index contributed by atoms with van der Waals surface area (Å²) in [5, 5.41) is 2.68. The number of hydrogen-bond donors (Lipinski definition) is 2. The van der Waals surface area contributed by atoms with Gasteiger partial charge in [0.1, 0.15) is 0 Å². The molecule has 19 heavy (non-hydrogen) atoms. The molecule has 0 aliphatic carbocycles. The molecule has 1 unspecified atom stereocenters. The van der Waals surface area contributed by atoms with Crippen molar-refractivity contribution in [2.45, 2.75) is 25.4 Å². The van der Waals surface area contributed by atoms with Crippen LogP contribution in [0.5, 0.6) is 0 Å². The zero-order valence-corrected chi connectivity index (χ0v) is 11.5. The normalized spacial score (nSPS) is 20.7. The lowest BCUT2D eigenvalue weighted by molar-refractivity contribution is -0.139. The minimum absolute atomic E-state index is 0. The van der Waals surface area contributed by atoms with Crippen molar-refractivity contribution in [3.8, 4) is 0 Å². The number of nitrogens with zero attached hydrogens (tertiary/aromatic N) is 1. The number of hydrogen-bond acceptors (Lipinski definition) is 3. The molecule has 0 aromatic carbocycles. The van der Waals surface area contributed by atoms with E-state index in [0.717, 1.165) is 12.8 Å². The Morgan fingerprint density at radius 2 is 2.11 bits per heavy atom. The largest absolute Gasteiger partial charge is 0.390 e. The molecule has 1 rings (SSSR count). The first-order chi connectivity index (χ1) is 8.42. The van der Waals surface area contributed by atoms with E-state index in [0.29, 0.717) is 26.2 Å². The number of likely N-dealkylation sites (tertiary alicyclic amines) is 1. The Labute approximate surface area is 117 Å². The number of halogens is 4. The molecule has 0 spiro atoms. The Kier molecular flexibility index (Phi) is 8.36. The summed E-state index contributed by atoms with van der Waals surface area (Å²) < 4.78 is 36.3. The summed E-state index contributed by atoms with van der Waals surface area (Å²) in [6.45, 7) is 1.81. The third-order valence-corrected chi connectivity index (χ3v) is 3.03. The monoisotopic (exact) mass is 303 g/mol. The van der Waals surface area contributed by atoms with Crippen molar-refractivity contribution in [3.63, 3.8) is 0 Å². The molecule has 0 aromatic heterocycles. The van der Waals surface area contributed by atoms with Crippen molar-refractivity contribution in [3.05, 3.63) is 0 Å². The molecule has 1 saturated heterocycles. The van der Waals surface area contributed by atoms with Gasteiger partial charge in [-0.15, -0.1) is 12.4 Å². The minimum Gasteiger partial charge on any atom is -0.355 e. The van der Waals surface area contributed by atoms with E-state index in [2.05, 4.69) is 5.32 Å². The molecular weight excluding hydrogens is 283 g/mol. The average Bonchev–Trinajstić information content (AvgIpc) is 2.33. The van der Waals surface area contributed by atoms with Crippen LogP contribution in [-0.2, 0) is 4.79 Å². The molecule has 0 saturated carbocycles. The number of nitrogens with two attached hydrogens (primary N) is 1. The Morgan fingerprint density at radius 1 is 1.42 bits per heavy atom. The predicted octanol–water partition coefficient (Wildman–Crippen LogP) is 1.15. The van der Waals surface area contributed by atoms with Gasteiger partial charge in [0.05, 0.1) is 12.3 Å². The molecule has 1 heterocycles. The van der Waals surface area contributed by atoms with Gasteiger partial charge in [0.15, 0.2) is 0 Å². The van der Waals surface area contributed by atoms with Gasteiger partial charge >= 0.3 is 6.18 Å². The fourth-order valence-corrected chi connectivity index (χ4v) is 2.10. The van der Waals surface area contributed by atoms with Crippen molar-refractivity contribution < 1.29 is 18.0 Å². The highest BCUT2D eigenvalue weighted by Gasteiger charge is 2.30. The predicted molar refractivity (Wildman–Crippen MR) is 69.1 cm³/mol. The SMILES string of the molecule is Cl.NCCNC(=O)C1CCCN(CCC(F)(F)F)C1. The van der Waals surface area contributed by atoms with Gasteiger partial charge < -0.3 is 16.0 Å². The molecule has 0 aromatic rings. The van der Waals surface area contributed by atoms with E-state index < -0.39 is 12.6 Å². The lowest BCUT2D eigenvalue weighted by atomic mass is 9.97. The van der Waals surface area contributed by atoms with Gasteiger partial charge in [-0.3, -0.25) is 4.79 Å². The molecule has 4 nitrogen and oxygen atoms in total. The number of carbonyl (C=O) groups excluding carboxylic acids is 1. The van der Waals surface area contributed by atoms with Gasteiger partial charge in [0.2, 0.25) is 5.91 Å². The molecule has 1 atom stereocenters. The Balaban J connectivity index is 0.00000324. The number of rotatable bonds is 5. The number of alkyl halides is 3. The fraction of sp³-hybridized carbons (Fsp3) is 0.909. The minimum atomic E-state index is -4.13. The second kappa shape index (κ2) is 8.60. The van der Waals surface area contributed by atoms with Crippen molar-refractivity contribution in [2.24, 2.45) is 11.7 Å². The first-order valence-corrected chi connectivity index (χ1v) is 6.19. The fourth-order valence-electron chi connectivity index (χ4n) is 2.10. The van der Waals surface area contributed by atoms with E-state index in [-0.39, 0.29) is 30.8 Å². The smallest absolute Gasteiger partial charge is 0.355 e. The van der Waals surface area contributed by atoms with Crippen LogP contribution in [0.25, 0.3) is 0 Å². The Morgan fingerprint density at radius 3 is 2.68 bits per heavy atom. The summed E-state index contributed by atoms with van der Waals surface area (Å²) >= 11 is 0. The molecule has 0 radical (unpaired) electrons. The summed E-state index contributed by atoms with van der Waals surface area (Å²) in [6, 6.07) is 0. The summed E-state index contributed by atoms with van der Waals surface area (Å²) in [7, 11) is 0. The van der Waals surface area contributed by atoms with Crippen molar-refractivity contribution in [1.82, 2.24) is 10.2 Å². The molecule has 1 aliphatic heterocycles. The van der Waals surface area contributed by atoms with E-state index in [1.165, 1.54) is 0 Å². The van der Waals surface area contributed by atoms with Gasteiger partial charge in [-0.2, -0.15) is 13.2 Å². The van der Waals surface area contributed by atoms with E-state index in [9.17, 15) is 18.0 Å². The van der Waals surface area contributed by atoms with Crippen molar-refractivity contribution in [2.75, 3.05) is 32.7 Å². The molecular formula is C11H21ClF3N3O. The zero-order chi connectivity index (χ0) is 13.6. The first kappa shape index (κ1) is 18.5. The lowest BCUT2D eigenvalue weighted by Gasteiger charge is -2.32. The van der Waals surface area contributed by atoms with Crippen LogP contribution < -0.4 is 11.1 Å². The Bertz CT molecular complexity index is 276. The highest BCUT2D eigenvalue weighted by Crippen LogP contribution is 2.22. The number of amides is 1. The van der Waals surface area contributed by atoms with E-state index in [1.54, 1.807) is 4.90 Å². The third kappa shape index (κ3) is 7.59. The molecule has 8 heteroatoms. The van der Waals surface area contributed by atoms with Crippen molar-refractivity contribution >= 4 is 18.3 Å². The third-order valence-electron chi connectivity index (χ3n) is 3.03. The molecule has 0 bridgehead atoms. The van der Waals surface area contributed by atoms with Gasteiger partial charge in [-0.1, -0.05) is 0 Å². The van der Waals surface area contributed by atoms with E-state index in [4.69, 9.17) is 5.73 Å². The van der Waals surface area contributed by atoms with Gasteiger partial charge in [0.25, 0.3) is 0 Å². The summed E-state index contributed by atoms with van der Waals surface area (Å²) in [4.78, 5) is 13.4. The van der Waals surface area contributed by atoms with Gasteiger partial charge in [0, 0.05) is 26.2 Å². The Hall–Kier alpha value is -0.530. The van der Waals surface area contributed by atoms with Crippen LogP contribution in [0.3, 0.4) is 0 Å². The molecule has 1 fully saturated rings. The van der Waals surface area contributed by atoms with Crippen LogP contribution in [-0.4, -0.2) is 49.7 Å². The molecule has 1 amide bonds. The van der Waals surface area contributed by atoms with Crippen LogP contribution in [0.2, 0.25) is 0 Å². The van der Waals surface area contributed by atoms with Crippen LogP contribution in [0, 0.1) is 5.92 Å². The van der Waals surface area contributed by atoms with Crippen LogP contribution >= 0.6 is 12.4 Å². The highest BCUT2D eigenvalue weighted by molar-refractivity contribution is 5.85. The second-order valence-corrected chi connectivity index (χ2v) is 4.58. The number of nitrogens with one attached hydrogen (secondary N) is 1. The number of piperidine rings is 1. The van der Waals surface area contributed by atoms with Gasteiger partial charge in [-0.25, -0.2) is 0 Å².